The van der Waals surface area contributed by atoms with Crippen LogP contribution in [0.15, 0.2) is 104 Å². The van der Waals surface area contributed by atoms with Crippen LogP contribution in [-0.2, 0) is 0 Å². The number of aromatic nitrogens is 5. The Morgan fingerprint density at radius 2 is 1.42 bits per heavy atom. The van der Waals surface area contributed by atoms with E-state index in [1.54, 1.807) is 24.5 Å². The molecule has 4 heterocycles. The second kappa shape index (κ2) is 9.07. The summed E-state index contributed by atoms with van der Waals surface area (Å²) in [5.74, 6) is 0.309. The van der Waals surface area contributed by atoms with Crippen molar-refractivity contribution < 1.29 is 4.39 Å². The number of benzene rings is 2. The van der Waals surface area contributed by atoms with E-state index in [0.717, 1.165) is 55.9 Å². The number of hydrogen-bond donors (Lipinski definition) is 0. The molecule has 0 saturated carbocycles. The van der Waals surface area contributed by atoms with Crippen molar-refractivity contribution in [3.8, 4) is 45.2 Å². The summed E-state index contributed by atoms with van der Waals surface area (Å²) in [6.07, 6.45) is 5.35. The molecule has 0 fully saturated rings. The molecule has 36 heavy (non-hydrogen) atoms. The molecule has 0 bridgehead atoms. The second-order valence-corrected chi connectivity index (χ2v) is 8.47. The van der Waals surface area contributed by atoms with Gasteiger partial charge in [-0.1, -0.05) is 18.2 Å². The lowest BCUT2D eigenvalue weighted by molar-refractivity contribution is 0.628. The Bertz CT molecular complexity index is 1680. The highest BCUT2D eigenvalue weighted by Gasteiger charge is 2.14. The van der Waals surface area contributed by atoms with Gasteiger partial charge in [-0.2, -0.15) is 0 Å². The van der Waals surface area contributed by atoms with Gasteiger partial charge in [-0.3, -0.25) is 15.0 Å². The van der Waals surface area contributed by atoms with Crippen molar-refractivity contribution in [3.63, 3.8) is 0 Å². The van der Waals surface area contributed by atoms with Crippen molar-refractivity contribution in [2.75, 3.05) is 0 Å². The normalized spacial score (nSPS) is 11.1. The summed E-state index contributed by atoms with van der Waals surface area (Å²) in [6, 6.07) is 26.1. The molecule has 2 aromatic carbocycles. The molecule has 0 spiro atoms. The number of hydrogen-bond acceptors (Lipinski definition) is 5. The van der Waals surface area contributed by atoms with Crippen LogP contribution in [0.2, 0.25) is 0 Å². The fraction of sp³-hybridized carbons (Fsp3) is 0.0333. The van der Waals surface area contributed by atoms with Gasteiger partial charge in [0.2, 0.25) is 0 Å². The standard InChI is InChI=1S/C30H20FN5/c1-19-16-22(13-15-32-19)30-35-26-11-7-21(17-25(26)29(36-30)20-5-9-24(31)10-6-20)23-8-12-28(34-18-23)27-4-2-3-14-33-27/h2-18H,1H3. The third-order valence-electron chi connectivity index (χ3n) is 5.99. The van der Waals surface area contributed by atoms with E-state index < -0.39 is 0 Å². The molecule has 6 aromatic rings. The maximum absolute atomic E-state index is 13.7. The molecule has 0 unspecified atom stereocenters. The summed E-state index contributed by atoms with van der Waals surface area (Å²) in [7, 11) is 0. The third kappa shape index (κ3) is 4.20. The minimum Gasteiger partial charge on any atom is -0.262 e. The zero-order chi connectivity index (χ0) is 24.5. The summed E-state index contributed by atoms with van der Waals surface area (Å²) < 4.78 is 13.7. The van der Waals surface area contributed by atoms with Crippen LogP contribution in [0.25, 0.3) is 56.1 Å². The SMILES string of the molecule is Cc1cc(-c2nc(-c3ccc(F)cc3)c3cc(-c4ccc(-c5ccccn5)nc4)ccc3n2)ccn1. The summed E-state index contributed by atoms with van der Waals surface area (Å²) in [4.78, 5) is 23.0. The van der Waals surface area contributed by atoms with Gasteiger partial charge < -0.3 is 0 Å². The van der Waals surface area contributed by atoms with Gasteiger partial charge in [0.25, 0.3) is 0 Å². The lowest BCUT2D eigenvalue weighted by atomic mass is 10.0. The predicted molar refractivity (Wildman–Crippen MR) is 139 cm³/mol. The molecule has 0 amide bonds. The van der Waals surface area contributed by atoms with Gasteiger partial charge in [-0.25, -0.2) is 14.4 Å². The van der Waals surface area contributed by atoms with Crippen LogP contribution in [0.1, 0.15) is 5.69 Å². The first-order valence-electron chi connectivity index (χ1n) is 11.5. The molecule has 0 saturated heterocycles. The zero-order valence-electron chi connectivity index (χ0n) is 19.4. The molecule has 0 radical (unpaired) electrons. The predicted octanol–water partition coefficient (Wildman–Crippen LogP) is 6.93. The van der Waals surface area contributed by atoms with E-state index in [1.165, 1.54) is 12.1 Å². The van der Waals surface area contributed by atoms with E-state index >= 15 is 0 Å². The Labute approximate surface area is 207 Å². The van der Waals surface area contributed by atoms with E-state index in [4.69, 9.17) is 9.97 Å². The second-order valence-electron chi connectivity index (χ2n) is 8.47. The molecule has 4 aromatic heterocycles. The van der Waals surface area contributed by atoms with Gasteiger partial charge in [-0.15, -0.1) is 0 Å². The molecule has 0 aliphatic heterocycles. The van der Waals surface area contributed by atoms with Crippen LogP contribution in [0, 0.1) is 12.7 Å². The molecule has 0 aliphatic carbocycles. The van der Waals surface area contributed by atoms with E-state index in [9.17, 15) is 4.39 Å². The van der Waals surface area contributed by atoms with Gasteiger partial charge in [0, 0.05) is 46.4 Å². The number of pyridine rings is 3. The number of fused-ring (bicyclic) bond motifs is 1. The molecular weight excluding hydrogens is 449 g/mol. The van der Waals surface area contributed by atoms with E-state index in [0.29, 0.717) is 5.82 Å². The van der Waals surface area contributed by atoms with Gasteiger partial charge in [-0.05, 0) is 79.2 Å². The molecular formula is C30H20FN5. The van der Waals surface area contributed by atoms with Crippen LogP contribution in [0.4, 0.5) is 4.39 Å². The Morgan fingerprint density at radius 3 is 2.17 bits per heavy atom. The van der Waals surface area contributed by atoms with Crippen molar-refractivity contribution in [3.05, 3.63) is 115 Å². The van der Waals surface area contributed by atoms with E-state index in [2.05, 4.69) is 21.0 Å². The summed E-state index contributed by atoms with van der Waals surface area (Å²) >= 11 is 0. The molecule has 0 N–H and O–H groups in total. The Morgan fingerprint density at radius 1 is 0.611 bits per heavy atom. The number of rotatable bonds is 4. The maximum Gasteiger partial charge on any atom is 0.160 e. The fourth-order valence-electron chi connectivity index (χ4n) is 4.18. The monoisotopic (exact) mass is 469 g/mol. The molecule has 6 heteroatoms. The largest absolute Gasteiger partial charge is 0.262 e. The Kier molecular flexibility index (Phi) is 5.46. The smallest absolute Gasteiger partial charge is 0.160 e. The Balaban J connectivity index is 1.49. The molecule has 6 rings (SSSR count). The van der Waals surface area contributed by atoms with Crippen molar-refractivity contribution >= 4 is 10.9 Å². The Hall–Kier alpha value is -4.84. The lowest BCUT2D eigenvalue weighted by Crippen LogP contribution is -1.96. The van der Waals surface area contributed by atoms with Gasteiger partial charge >= 0.3 is 0 Å². The summed E-state index contributed by atoms with van der Waals surface area (Å²) in [5, 5.41) is 0.877. The lowest BCUT2D eigenvalue weighted by Gasteiger charge is -2.11. The first-order valence-corrected chi connectivity index (χ1v) is 11.5. The van der Waals surface area contributed by atoms with Gasteiger partial charge in [0.15, 0.2) is 5.82 Å². The first-order chi connectivity index (χ1) is 17.6. The minimum absolute atomic E-state index is 0.290. The summed E-state index contributed by atoms with van der Waals surface area (Å²) in [5.41, 5.74) is 7.72. The van der Waals surface area contributed by atoms with E-state index in [-0.39, 0.29) is 5.82 Å². The zero-order valence-corrected chi connectivity index (χ0v) is 19.4. The molecule has 5 nitrogen and oxygen atoms in total. The highest BCUT2D eigenvalue weighted by molar-refractivity contribution is 5.96. The average molecular weight is 470 g/mol. The topological polar surface area (TPSA) is 64.5 Å². The number of halogens is 1. The van der Waals surface area contributed by atoms with Crippen molar-refractivity contribution in [1.29, 1.82) is 0 Å². The number of aryl methyl sites for hydroxylation is 1. The molecule has 172 valence electrons. The fourth-order valence-corrected chi connectivity index (χ4v) is 4.18. The van der Waals surface area contributed by atoms with Gasteiger partial charge in [0.1, 0.15) is 5.82 Å². The van der Waals surface area contributed by atoms with Crippen LogP contribution >= 0.6 is 0 Å². The van der Waals surface area contributed by atoms with Crippen LogP contribution < -0.4 is 0 Å². The van der Waals surface area contributed by atoms with Crippen LogP contribution in [0.3, 0.4) is 0 Å². The van der Waals surface area contributed by atoms with E-state index in [1.807, 2.05) is 67.7 Å². The quantitative estimate of drug-likeness (QED) is 0.280. The highest BCUT2D eigenvalue weighted by atomic mass is 19.1. The number of nitrogens with zero attached hydrogens (tertiary/aromatic N) is 5. The van der Waals surface area contributed by atoms with Crippen molar-refractivity contribution in [2.45, 2.75) is 6.92 Å². The average Bonchev–Trinajstić information content (AvgIpc) is 2.93. The van der Waals surface area contributed by atoms with Crippen molar-refractivity contribution in [1.82, 2.24) is 24.9 Å². The van der Waals surface area contributed by atoms with Crippen LogP contribution in [0.5, 0.6) is 0 Å². The van der Waals surface area contributed by atoms with Crippen LogP contribution in [-0.4, -0.2) is 24.9 Å². The molecule has 0 aliphatic rings. The van der Waals surface area contributed by atoms with Gasteiger partial charge in [0.05, 0.1) is 22.6 Å². The first kappa shape index (κ1) is 21.7. The van der Waals surface area contributed by atoms with Crippen molar-refractivity contribution in [2.24, 2.45) is 0 Å². The highest BCUT2D eigenvalue weighted by Crippen LogP contribution is 2.32. The minimum atomic E-state index is -0.290. The molecule has 0 atom stereocenters. The maximum atomic E-state index is 13.7. The third-order valence-corrected chi connectivity index (χ3v) is 5.99. The summed E-state index contributed by atoms with van der Waals surface area (Å²) in [6.45, 7) is 1.94.